The van der Waals surface area contributed by atoms with Crippen LogP contribution in [0.1, 0.15) is 19.4 Å². The highest BCUT2D eigenvalue weighted by molar-refractivity contribution is 5.91. The Morgan fingerprint density at radius 3 is 2.61 bits per heavy atom. The maximum absolute atomic E-state index is 11.8. The molecule has 0 aromatic heterocycles. The van der Waals surface area contributed by atoms with Gasteiger partial charge in [0.2, 0.25) is 5.91 Å². The quantitative estimate of drug-likeness (QED) is 0.848. The SMILES string of the molecule is CCOC(=O)N(CCc1cccc2ccc(OC)cc12)C(C)=O. The molecule has 0 N–H and O–H groups in total. The van der Waals surface area contributed by atoms with Crippen molar-refractivity contribution >= 4 is 22.8 Å². The predicted octanol–water partition coefficient (Wildman–Crippen LogP) is 3.40. The molecule has 0 fully saturated rings. The van der Waals surface area contributed by atoms with E-state index in [9.17, 15) is 9.59 Å². The van der Waals surface area contributed by atoms with Crippen molar-refractivity contribution in [3.8, 4) is 5.75 Å². The molecular formula is C18H21NO4. The molecule has 0 saturated heterocycles. The Hall–Kier alpha value is -2.56. The third-order valence-corrected chi connectivity index (χ3v) is 3.65. The standard InChI is InChI=1S/C18H21NO4/c1-4-23-18(21)19(13(2)20)11-10-15-7-5-6-14-8-9-16(22-3)12-17(14)15/h5-9,12H,4,10-11H2,1-3H3. The second kappa shape index (κ2) is 7.63. The van der Waals surface area contributed by atoms with E-state index >= 15 is 0 Å². The number of imide groups is 1. The zero-order valence-corrected chi connectivity index (χ0v) is 13.7. The van der Waals surface area contributed by atoms with E-state index in [-0.39, 0.29) is 19.1 Å². The minimum Gasteiger partial charge on any atom is -0.497 e. The Bertz CT molecular complexity index is 711. The van der Waals surface area contributed by atoms with Gasteiger partial charge in [-0.25, -0.2) is 9.69 Å². The highest BCUT2D eigenvalue weighted by Gasteiger charge is 2.19. The molecule has 2 rings (SSSR count). The van der Waals surface area contributed by atoms with Gasteiger partial charge in [-0.15, -0.1) is 0 Å². The summed E-state index contributed by atoms with van der Waals surface area (Å²) in [5, 5.41) is 2.15. The number of fused-ring (bicyclic) bond motifs is 1. The van der Waals surface area contributed by atoms with E-state index in [1.54, 1.807) is 14.0 Å². The number of hydrogen-bond acceptors (Lipinski definition) is 4. The summed E-state index contributed by atoms with van der Waals surface area (Å²) >= 11 is 0. The number of methoxy groups -OCH3 is 1. The molecule has 122 valence electrons. The smallest absolute Gasteiger partial charge is 0.416 e. The molecule has 0 heterocycles. The molecule has 0 atom stereocenters. The van der Waals surface area contributed by atoms with Gasteiger partial charge in [-0.3, -0.25) is 4.79 Å². The Labute approximate surface area is 135 Å². The first-order valence-corrected chi connectivity index (χ1v) is 7.57. The molecular weight excluding hydrogens is 294 g/mol. The molecule has 0 aliphatic rings. The van der Waals surface area contributed by atoms with Gasteiger partial charge in [0.1, 0.15) is 5.75 Å². The molecule has 0 aliphatic carbocycles. The molecule has 5 heteroatoms. The molecule has 23 heavy (non-hydrogen) atoms. The van der Waals surface area contributed by atoms with E-state index in [2.05, 4.69) is 0 Å². The second-order valence-corrected chi connectivity index (χ2v) is 5.12. The Morgan fingerprint density at radius 2 is 1.96 bits per heavy atom. The van der Waals surface area contributed by atoms with Crippen molar-refractivity contribution in [2.24, 2.45) is 0 Å². The lowest BCUT2D eigenvalue weighted by Crippen LogP contribution is -2.37. The molecule has 5 nitrogen and oxygen atoms in total. The number of hydrogen-bond donors (Lipinski definition) is 0. The van der Waals surface area contributed by atoms with E-state index in [0.717, 1.165) is 27.0 Å². The van der Waals surface area contributed by atoms with Crippen molar-refractivity contribution in [3.63, 3.8) is 0 Å². The van der Waals surface area contributed by atoms with Crippen molar-refractivity contribution < 1.29 is 19.1 Å². The predicted molar refractivity (Wildman–Crippen MR) is 88.6 cm³/mol. The van der Waals surface area contributed by atoms with E-state index in [1.807, 2.05) is 36.4 Å². The van der Waals surface area contributed by atoms with Crippen LogP contribution in [-0.4, -0.2) is 37.2 Å². The highest BCUT2D eigenvalue weighted by Crippen LogP contribution is 2.24. The van der Waals surface area contributed by atoms with Crippen LogP contribution in [0.25, 0.3) is 10.8 Å². The number of rotatable bonds is 5. The van der Waals surface area contributed by atoms with Gasteiger partial charge >= 0.3 is 6.09 Å². The summed E-state index contributed by atoms with van der Waals surface area (Å²) in [6.07, 6.45) is -0.0408. The number of amides is 2. The fraction of sp³-hybridized carbons (Fsp3) is 0.333. The molecule has 0 unspecified atom stereocenters. The van der Waals surface area contributed by atoms with Gasteiger partial charge in [0.15, 0.2) is 0 Å². The number of carbonyl (C=O) groups excluding carboxylic acids is 2. The summed E-state index contributed by atoms with van der Waals surface area (Å²) in [5.41, 5.74) is 1.05. The molecule has 0 aliphatic heterocycles. The second-order valence-electron chi connectivity index (χ2n) is 5.12. The summed E-state index contributed by atoms with van der Waals surface area (Å²) in [7, 11) is 1.63. The average Bonchev–Trinajstić information content (AvgIpc) is 2.54. The largest absolute Gasteiger partial charge is 0.497 e. The minimum atomic E-state index is -0.599. The van der Waals surface area contributed by atoms with Crippen LogP contribution in [0.4, 0.5) is 4.79 Å². The van der Waals surface area contributed by atoms with E-state index in [1.165, 1.54) is 6.92 Å². The molecule has 2 aromatic rings. The molecule has 2 amide bonds. The van der Waals surface area contributed by atoms with E-state index < -0.39 is 6.09 Å². The van der Waals surface area contributed by atoms with Gasteiger partial charge in [-0.1, -0.05) is 24.3 Å². The van der Waals surface area contributed by atoms with E-state index in [0.29, 0.717) is 6.42 Å². The van der Waals surface area contributed by atoms with Gasteiger partial charge in [0.25, 0.3) is 0 Å². The van der Waals surface area contributed by atoms with Crippen LogP contribution >= 0.6 is 0 Å². The third-order valence-electron chi connectivity index (χ3n) is 3.65. The summed E-state index contributed by atoms with van der Waals surface area (Å²) < 4.78 is 10.2. The van der Waals surface area contributed by atoms with Crippen molar-refractivity contribution in [1.29, 1.82) is 0 Å². The van der Waals surface area contributed by atoms with Gasteiger partial charge < -0.3 is 9.47 Å². The summed E-state index contributed by atoms with van der Waals surface area (Å²) in [6, 6.07) is 11.8. The Morgan fingerprint density at radius 1 is 1.17 bits per heavy atom. The minimum absolute atomic E-state index is 0.244. The van der Waals surface area contributed by atoms with Crippen LogP contribution in [0.2, 0.25) is 0 Å². The lowest BCUT2D eigenvalue weighted by Gasteiger charge is -2.18. The van der Waals surface area contributed by atoms with Crippen LogP contribution in [0.15, 0.2) is 36.4 Å². The Kier molecular flexibility index (Phi) is 5.57. The number of nitrogens with zero attached hydrogens (tertiary/aromatic N) is 1. The van der Waals surface area contributed by atoms with Gasteiger partial charge in [0, 0.05) is 13.5 Å². The molecule has 0 radical (unpaired) electrons. The molecule has 0 bridgehead atoms. The van der Waals surface area contributed by atoms with E-state index in [4.69, 9.17) is 9.47 Å². The normalized spacial score (nSPS) is 10.4. The zero-order chi connectivity index (χ0) is 16.8. The average molecular weight is 315 g/mol. The lowest BCUT2D eigenvalue weighted by atomic mass is 10.0. The van der Waals surface area contributed by atoms with Crippen LogP contribution < -0.4 is 4.74 Å². The van der Waals surface area contributed by atoms with Crippen molar-refractivity contribution in [1.82, 2.24) is 4.90 Å². The fourth-order valence-electron chi connectivity index (χ4n) is 2.47. The van der Waals surface area contributed by atoms with Gasteiger partial charge in [-0.2, -0.15) is 0 Å². The fourth-order valence-corrected chi connectivity index (χ4v) is 2.47. The molecule has 0 spiro atoms. The van der Waals surface area contributed by atoms with Crippen molar-refractivity contribution in [2.45, 2.75) is 20.3 Å². The van der Waals surface area contributed by atoms with Crippen LogP contribution in [0.5, 0.6) is 5.75 Å². The number of ether oxygens (including phenoxy) is 2. The lowest BCUT2D eigenvalue weighted by molar-refractivity contribution is -0.127. The highest BCUT2D eigenvalue weighted by atomic mass is 16.6. The maximum Gasteiger partial charge on any atom is 0.416 e. The maximum atomic E-state index is 11.8. The molecule has 2 aromatic carbocycles. The van der Waals surface area contributed by atoms with Crippen LogP contribution in [-0.2, 0) is 16.0 Å². The van der Waals surface area contributed by atoms with Crippen molar-refractivity contribution in [3.05, 3.63) is 42.0 Å². The van der Waals surface area contributed by atoms with Gasteiger partial charge in [0.05, 0.1) is 13.7 Å². The number of carbonyl (C=O) groups is 2. The summed E-state index contributed by atoms with van der Waals surface area (Å²) in [4.78, 5) is 24.6. The Balaban J connectivity index is 2.23. The third kappa shape index (κ3) is 4.00. The molecule has 0 saturated carbocycles. The van der Waals surface area contributed by atoms with Gasteiger partial charge in [-0.05, 0) is 41.8 Å². The van der Waals surface area contributed by atoms with Crippen LogP contribution in [0.3, 0.4) is 0 Å². The topological polar surface area (TPSA) is 55.8 Å². The summed E-state index contributed by atoms with van der Waals surface area (Å²) in [5.74, 6) is 0.458. The first-order chi connectivity index (χ1) is 11.1. The number of benzene rings is 2. The zero-order valence-electron chi connectivity index (χ0n) is 13.7. The monoisotopic (exact) mass is 315 g/mol. The summed E-state index contributed by atoms with van der Waals surface area (Å²) in [6.45, 7) is 3.61. The van der Waals surface area contributed by atoms with Crippen molar-refractivity contribution in [2.75, 3.05) is 20.3 Å². The first kappa shape index (κ1) is 16.8. The van der Waals surface area contributed by atoms with Crippen LogP contribution in [0, 0.1) is 0 Å². The first-order valence-electron chi connectivity index (χ1n) is 7.57.